The van der Waals surface area contributed by atoms with Gasteiger partial charge in [0, 0.05) is 6.61 Å². The van der Waals surface area contributed by atoms with Gasteiger partial charge in [-0.15, -0.1) is 0 Å². The summed E-state index contributed by atoms with van der Waals surface area (Å²) in [5, 5.41) is 0.194. The quantitative estimate of drug-likeness (QED) is 0.707. The van der Waals surface area contributed by atoms with Crippen molar-refractivity contribution in [3.63, 3.8) is 0 Å². The van der Waals surface area contributed by atoms with Crippen LogP contribution in [-0.4, -0.2) is 27.1 Å². The van der Waals surface area contributed by atoms with E-state index in [-0.39, 0.29) is 17.2 Å². The Labute approximate surface area is 131 Å². The SMILES string of the molecule is CC(C)[C@@H]1C(O[Si](C)(C)C(C)(C)C)=CO[C@@H]2CCCO[C@@H]21. The van der Waals surface area contributed by atoms with Gasteiger partial charge in [0.1, 0.15) is 24.2 Å². The van der Waals surface area contributed by atoms with Crippen LogP contribution in [0.15, 0.2) is 12.0 Å². The van der Waals surface area contributed by atoms with Gasteiger partial charge in [-0.1, -0.05) is 34.6 Å². The minimum atomic E-state index is -1.84. The molecule has 0 aromatic rings. The van der Waals surface area contributed by atoms with E-state index in [2.05, 4.69) is 47.7 Å². The Balaban J connectivity index is 2.23. The predicted molar refractivity (Wildman–Crippen MR) is 88.5 cm³/mol. The Hall–Kier alpha value is -0.483. The van der Waals surface area contributed by atoms with Crippen LogP contribution >= 0.6 is 0 Å². The van der Waals surface area contributed by atoms with Crippen molar-refractivity contribution in [3.8, 4) is 0 Å². The number of hydrogen-bond donors (Lipinski definition) is 0. The van der Waals surface area contributed by atoms with Gasteiger partial charge in [-0.3, -0.25) is 0 Å². The van der Waals surface area contributed by atoms with Crippen LogP contribution in [-0.2, 0) is 13.9 Å². The minimum absolute atomic E-state index is 0.156. The molecule has 0 saturated carbocycles. The molecule has 0 radical (unpaired) electrons. The maximum absolute atomic E-state index is 6.56. The first-order chi connectivity index (χ1) is 9.63. The molecule has 2 heterocycles. The molecule has 0 aliphatic carbocycles. The van der Waals surface area contributed by atoms with E-state index in [4.69, 9.17) is 13.9 Å². The summed E-state index contributed by atoms with van der Waals surface area (Å²) in [7, 11) is -1.84. The van der Waals surface area contributed by atoms with Gasteiger partial charge in [0.15, 0.2) is 0 Å². The third-order valence-electron chi connectivity index (χ3n) is 5.25. The molecule has 122 valence electrons. The van der Waals surface area contributed by atoms with Crippen LogP contribution in [0, 0.1) is 11.8 Å². The Kier molecular flexibility index (Phi) is 4.79. The van der Waals surface area contributed by atoms with Crippen LogP contribution in [0.3, 0.4) is 0 Å². The molecule has 1 saturated heterocycles. The second-order valence-corrected chi connectivity index (χ2v) is 13.0. The van der Waals surface area contributed by atoms with E-state index < -0.39 is 8.32 Å². The largest absolute Gasteiger partial charge is 0.544 e. The van der Waals surface area contributed by atoms with Crippen molar-refractivity contribution in [1.82, 2.24) is 0 Å². The summed E-state index contributed by atoms with van der Waals surface area (Å²) in [6, 6.07) is 0. The molecule has 0 N–H and O–H groups in total. The van der Waals surface area contributed by atoms with E-state index in [9.17, 15) is 0 Å². The Morgan fingerprint density at radius 2 is 1.95 bits per heavy atom. The molecule has 1 fully saturated rings. The zero-order valence-electron chi connectivity index (χ0n) is 14.7. The van der Waals surface area contributed by atoms with Crippen molar-refractivity contribution >= 4 is 8.32 Å². The van der Waals surface area contributed by atoms with E-state index in [0.29, 0.717) is 11.8 Å². The molecule has 0 aromatic heterocycles. The van der Waals surface area contributed by atoms with Gasteiger partial charge in [-0.2, -0.15) is 0 Å². The molecule has 4 heteroatoms. The van der Waals surface area contributed by atoms with Gasteiger partial charge in [0.25, 0.3) is 0 Å². The Morgan fingerprint density at radius 1 is 1.29 bits per heavy atom. The second kappa shape index (κ2) is 5.96. The highest BCUT2D eigenvalue weighted by Crippen LogP contribution is 2.43. The van der Waals surface area contributed by atoms with E-state index >= 15 is 0 Å². The van der Waals surface area contributed by atoms with Crippen LogP contribution < -0.4 is 0 Å². The highest BCUT2D eigenvalue weighted by atomic mass is 28.4. The highest BCUT2D eigenvalue weighted by Gasteiger charge is 2.46. The topological polar surface area (TPSA) is 27.7 Å². The summed E-state index contributed by atoms with van der Waals surface area (Å²) in [4.78, 5) is 0. The third-order valence-corrected chi connectivity index (χ3v) is 9.61. The van der Waals surface area contributed by atoms with Gasteiger partial charge in [0.05, 0.1) is 5.92 Å². The fourth-order valence-electron chi connectivity index (χ4n) is 2.90. The molecular formula is C17H32O3Si. The van der Waals surface area contributed by atoms with E-state index in [0.717, 1.165) is 25.2 Å². The van der Waals surface area contributed by atoms with Crippen molar-refractivity contribution in [2.75, 3.05) is 6.61 Å². The predicted octanol–water partition coefficient (Wildman–Crippen LogP) is 4.70. The molecule has 0 aromatic carbocycles. The van der Waals surface area contributed by atoms with Crippen LogP contribution in [0.5, 0.6) is 0 Å². The first-order valence-electron chi connectivity index (χ1n) is 8.29. The fraction of sp³-hybridized carbons (Fsp3) is 0.882. The van der Waals surface area contributed by atoms with Gasteiger partial charge < -0.3 is 13.9 Å². The molecule has 2 aliphatic rings. The summed E-state index contributed by atoms with van der Waals surface area (Å²) in [5.41, 5.74) is 0. The maximum Gasteiger partial charge on any atom is 0.250 e. The van der Waals surface area contributed by atoms with Crippen LogP contribution in [0.1, 0.15) is 47.5 Å². The van der Waals surface area contributed by atoms with Crippen LogP contribution in [0.2, 0.25) is 18.1 Å². The van der Waals surface area contributed by atoms with Gasteiger partial charge in [-0.05, 0) is 36.9 Å². The second-order valence-electron chi connectivity index (χ2n) is 8.30. The molecule has 2 aliphatic heterocycles. The van der Waals surface area contributed by atoms with E-state index in [1.165, 1.54) is 0 Å². The van der Waals surface area contributed by atoms with Crippen molar-refractivity contribution in [2.45, 2.75) is 77.8 Å². The number of ether oxygens (including phenoxy) is 2. The lowest BCUT2D eigenvalue weighted by Crippen LogP contribution is -2.49. The summed E-state index contributed by atoms with van der Waals surface area (Å²) in [5.74, 6) is 1.83. The zero-order chi connectivity index (χ0) is 15.8. The average molecular weight is 313 g/mol. The molecule has 3 atom stereocenters. The highest BCUT2D eigenvalue weighted by molar-refractivity contribution is 6.74. The average Bonchev–Trinajstić information content (AvgIpc) is 2.36. The number of hydrogen-bond acceptors (Lipinski definition) is 3. The molecule has 0 bridgehead atoms. The molecule has 0 amide bonds. The molecule has 0 unspecified atom stereocenters. The normalized spacial score (nSPS) is 30.5. The summed E-state index contributed by atoms with van der Waals surface area (Å²) >= 11 is 0. The molecule has 2 rings (SSSR count). The standard InChI is InChI=1S/C17H32O3Si/c1-12(2)15-14(20-21(6,7)17(3,4)5)11-19-13-9-8-10-18-16(13)15/h11-13,15-16H,8-10H2,1-7H3/t13-,15-,16+/m1/s1. The fourth-order valence-corrected chi connectivity index (χ4v) is 3.98. The lowest BCUT2D eigenvalue weighted by atomic mass is 9.82. The monoisotopic (exact) mass is 312 g/mol. The summed E-state index contributed by atoms with van der Waals surface area (Å²) in [6.45, 7) is 16.8. The van der Waals surface area contributed by atoms with Crippen molar-refractivity contribution < 1.29 is 13.9 Å². The maximum atomic E-state index is 6.56. The van der Waals surface area contributed by atoms with Crippen LogP contribution in [0.25, 0.3) is 0 Å². The zero-order valence-corrected chi connectivity index (χ0v) is 15.7. The van der Waals surface area contributed by atoms with Gasteiger partial charge >= 0.3 is 0 Å². The number of fused-ring (bicyclic) bond motifs is 1. The smallest absolute Gasteiger partial charge is 0.250 e. The van der Waals surface area contributed by atoms with E-state index in [1.807, 2.05) is 6.26 Å². The molecule has 0 spiro atoms. The van der Waals surface area contributed by atoms with Crippen LogP contribution in [0.4, 0.5) is 0 Å². The summed E-state index contributed by atoms with van der Waals surface area (Å²) < 4.78 is 18.6. The molecule has 21 heavy (non-hydrogen) atoms. The van der Waals surface area contributed by atoms with Crippen molar-refractivity contribution in [2.24, 2.45) is 11.8 Å². The van der Waals surface area contributed by atoms with Gasteiger partial charge in [0.2, 0.25) is 8.32 Å². The first-order valence-corrected chi connectivity index (χ1v) is 11.2. The third kappa shape index (κ3) is 3.47. The Bertz CT molecular complexity index is 395. The molecule has 3 nitrogen and oxygen atoms in total. The summed E-state index contributed by atoms with van der Waals surface area (Å²) in [6.07, 6.45) is 4.44. The van der Waals surface area contributed by atoms with E-state index in [1.54, 1.807) is 0 Å². The minimum Gasteiger partial charge on any atom is -0.544 e. The van der Waals surface area contributed by atoms with Gasteiger partial charge in [-0.25, -0.2) is 0 Å². The Morgan fingerprint density at radius 3 is 2.52 bits per heavy atom. The lowest BCUT2D eigenvalue weighted by Gasteiger charge is -2.45. The number of rotatable bonds is 3. The van der Waals surface area contributed by atoms with Crippen molar-refractivity contribution in [3.05, 3.63) is 12.0 Å². The first kappa shape index (κ1) is 16.9. The van der Waals surface area contributed by atoms with Crippen molar-refractivity contribution in [1.29, 1.82) is 0 Å². The molecular weight excluding hydrogens is 280 g/mol. The lowest BCUT2D eigenvalue weighted by molar-refractivity contribution is -0.127.